The van der Waals surface area contributed by atoms with Crippen molar-refractivity contribution in [1.29, 1.82) is 0 Å². The first kappa shape index (κ1) is 10.7. The molecule has 0 unspecified atom stereocenters. The Kier molecular flexibility index (Phi) is 3.52. The van der Waals surface area contributed by atoms with E-state index in [1.807, 2.05) is 0 Å². The van der Waals surface area contributed by atoms with Gasteiger partial charge in [0.05, 0.1) is 12.7 Å². The van der Waals surface area contributed by atoms with Gasteiger partial charge >= 0.3 is 6.30 Å². The summed E-state index contributed by atoms with van der Waals surface area (Å²) < 4.78 is 41.4. The van der Waals surface area contributed by atoms with Crippen molar-refractivity contribution in [3.63, 3.8) is 0 Å². The first-order valence-corrected chi connectivity index (χ1v) is 4.17. The molecule has 1 aliphatic rings. The largest absolute Gasteiger partial charge is 0.460 e. The van der Waals surface area contributed by atoms with E-state index >= 15 is 0 Å². The molecule has 1 rings (SSSR count). The van der Waals surface area contributed by atoms with Crippen molar-refractivity contribution in [1.82, 2.24) is 4.90 Å². The standard InChI is InChI=1S/C7H13F3N2O/c8-7(9,10)12-3-1-6(5-12)13-4-2-11/h6H,1-5,11H2/t6-/m1/s1. The zero-order chi connectivity index (χ0) is 9.90. The van der Waals surface area contributed by atoms with Crippen LogP contribution in [0.3, 0.4) is 0 Å². The van der Waals surface area contributed by atoms with Crippen LogP contribution in [0.5, 0.6) is 0 Å². The third-order valence-corrected chi connectivity index (χ3v) is 1.97. The molecule has 1 atom stereocenters. The zero-order valence-electron chi connectivity index (χ0n) is 7.18. The molecule has 0 aliphatic carbocycles. The Bertz CT molecular complexity index is 162. The highest BCUT2D eigenvalue weighted by Gasteiger charge is 2.41. The number of halogens is 3. The van der Waals surface area contributed by atoms with Crippen LogP contribution in [0.25, 0.3) is 0 Å². The maximum atomic E-state index is 12.1. The Morgan fingerprint density at radius 2 is 2.15 bits per heavy atom. The fraction of sp³-hybridized carbons (Fsp3) is 1.00. The summed E-state index contributed by atoms with van der Waals surface area (Å²) in [6.07, 6.45) is -4.11. The molecule has 3 nitrogen and oxygen atoms in total. The molecule has 0 radical (unpaired) electrons. The highest BCUT2D eigenvalue weighted by atomic mass is 19.4. The molecule has 6 heteroatoms. The molecule has 0 saturated carbocycles. The summed E-state index contributed by atoms with van der Waals surface area (Å²) in [5.41, 5.74) is 5.17. The summed E-state index contributed by atoms with van der Waals surface area (Å²) in [6, 6.07) is 0. The Labute approximate surface area is 74.6 Å². The van der Waals surface area contributed by atoms with Crippen molar-refractivity contribution >= 4 is 0 Å². The number of alkyl halides is 3. The van der Waals surface area contributed by atoms with Crippen LogP contribution in [0, 0.1) is 0 Å². The second-order valence-corrected chi connectivity index (χ2v) is 2.98. The van der Waals surface area contributed by atoms with Crippen LogP contribution in [0.2, 0.25) is 0 Å². The number of likely N-dealkylation sites (tertiary alicyclic amines) is 1. The third kappa shape index (κ3) is 3.13. The average molecular weight is 198 g/mol. The topological polar surface area (TPSA) is 38.5 Å². The van der Waals surface area contributed by atoms with Crippen LogP contribution in [-0.4, -0.2) is 43.5 Å². The van der Waals surface area contributed by atoms with Crippen molar-refractivity contribution in [2.45, 2.75) is 18.8 Å². The van der Waals surface area contributed by atoms with Crippen molar-refractivity contribution in [2.75, 3.05) is 26.2 Å². The SMILES string of the molecule is NCCO[C@@H]1CCN(C(F)(F)F)C1. The molecule has 78 valence electrons. The summed E-state index contributed by atoms with van der Waals surface area (Å²) in [7, 11) is 0. The smallest absolute Gasteiger partial charge is 0.376 e. The van der Waals surface area contributed by atoms with E-state index in [1.165, 1.54) is 0 Å². The summed E-state index contributed by atoms with van der Waals surface area (Å²) in [4.78, 5) is 0.466. The van der Waals surface area contributed by atoms with Crippen molar-refractivity contribution in [3.05, 3.63) is 0 Å². The molecule has 13 heavy (non-hydrogen) atoms. The van der Waals surface area contributed by atoms with Crippen LogP contribution >= 0.6 is 0 Å². The molecule has 0 aromatic heterocycles. The monoisotopic (exact) mass is 198 g/mol. The molecular formula is C7H13F3N2O. The normalized spacial score (nSPS) is 25.4. The second-order valence-electron chi connectivity index (χ2n) is 2.98. The Morgan fingerprint density at radius 3 is 2.62 bits per heavy atom. The van der Waals surface area contributed by atoms with Gasteiger partial charge in [-0.15, -0.1) is 0 Å². The first-order valence-electron chi connectivity index (χ1n) is 4.17. The van der Waals surface area contributed by atoms with Gasteiger partial charge in [-0.2, -0.15) is 13.2 Å². The van der Waals surface area contributed by atoms with Gasteiger partial charge in [-0.3, -0.25) is 0 Å². The van der Waals surface area contributed by atoms with E-state index in [0.29, 0.717) is 24.5 Å². The van der Waals surface area contributed by atoms with E-state index in [-0.39, 0.29) is 19.2 Å². The Hall–Kier alpha value is -0.330. The zero-order valence-corrected chi connectivity index (χ0v) is 7.18. The van der Waals surface area contributed by atoms with Crippen molar-refractivity contribution < 1.29 is 17.9 Å². The van der Waals surface area contributed by atoms with Gasteiger partial charge in [-0.1, -0.05) is 0 Å². The summed E-state index contributed by atoms with van der Waals surface area (Å²) >= 11 is 0. The predicted octanol–water partition coefficient (Wildman–Crippen LogP) is 0.556. The first-order chi connectivity index (χ1) is 6.04. The van der Waals surface area contributed by atoms with Gasteiger partial charge in [0.15, 0.2) is 0 Å². The van der Waals surface area contributed by atoms with Crippen LogP contribution in [0.15, 0.2) is 0 Å². The quantitative estimate of drug-likeness (QED) is 0.673. The molecule has 2 N–H and O–H groups in total. The maximum Gasteiger partial charge on any atom is 0.460 e. The molecular weight excluding hydrogens is 185 g/mol. The molecule has 1 aliphatic heterocycles. The Morgan fingerprint density at radius 1 is 1.46 bits per heavy atom. The van der Waals surface area contributed by atoms with Gasteiger partial charge in [0.25, 0.3) is 0 Å². The van der Waals surface area contributed by atoms with E-state index in [1.54, 1.807) is 0 Å². The maximum absolute atomic E-state index is 12.1. The minimum atomic E-state index is -4.22. The number of rotatable bonds is 3. The number of ether oxygens (including phenoxy) is 1. The highest BCUT2D eigenvalue weighted by molar-refractivity contribution is 4.77. The van der Waals surface area contributed by atoms with Gasteiger partial charge in [-0.05, 0) is 6.42 Å². The van der Waals surface area contributed by atoms with E-state index in [2.05, 4.69) is 0 Å². The van der Waals surface area contributed by atoms with E-state index in [9.17, 15) is 13.2 Å². The number of hydrogen-bond donors (Lipinski definition) is 1. The number of hydrogen-bond acceptors (Lipinski definition) is 3. The highest BCUT2D eigenvalue weighted by Crippen LogP contribution is 2.26. The molecule has 1 heterocycles. The molecule has 1 fully saturated rings. The van der Waals surface area contributed by atoms with Crippen LogP contribution < -0.4 is 5.73 Å². The summed E-state index contributed by atoms with van der Waals surface area (Å²) in [5.74, 6) is 0. The molecule has 0 aromatic rings. The lowest BCUT2D eigenvalue weighted by Crippen LogP contribution is -2.36. The fourth-order valence-electron chi connectivity index (χ4n) is 1.33. The Balaban J connectivity index is 2.28. The lowest BCUT2D eigenvalue weighted by Gasteiger charge is -2.18. The fourth-order valence-corrected chi connectivity index (χ4v) is 1.33. The minimum Gasteiger partial charge on any atom is -0.376 e. The van der Waals surface area contributed by atoms with Gasteiger partial charge in [0.2, 0.25) is 0 Å². The van der Waals surface area contributed by atoms with Crippen LogP contribution in [0.4, 0.5) is 13.2 Å². The molecule has 0 spiro atoms. The van der Waals surface area contributed by atoms with Crippen molar-refractivity contribution in [3.8, 4) is 0 Å². The lowest BCUT2D eigenvalue weighted by atomic mass is 10.3. The summed E-state index contributed by atoms with van der Waals surface area (Å²) in [5, 5.41) is 0. The average Bonchev–Trinajstić information content (AvgIpc) is 2.47. The van der Waals surface area contributed by atoms with Gasteiger partial charge in [0, 0.05) is 19.6 Å². The van der Waals surface area contributed by atoms with Gasteiger partial charge < -0.3 is 10.5 Å². The van der Waals surface area contributed by atoms with Crippen LogP contribution in [0.1, 0.15) is 6.42 Å². The van der Waals surface area contributed by atoms with E-state index in [4.69, 9.17) is 10.5 Å². The predicted molar refractivity (Wildman–Crippen MR) is 41.0 cm³/mol. The van der Waals surface area contributed by atoms with Crippen molar-refractivity contribution in [2.24, 2.45) is 5.73 Å². The summed E-state index contributed by atoms with van der Waals surface area (Å²) in [6.45, 7) is 0.640. The minimum absolute atomic E-state index is 0.0265. The van der Waals surface area contributed by atoms with Crippen LogP contribution in [-0.2, 0) is 4.74 Å². The van der Waals surface area contributed by atoms with Gasteiger partial charge in [-0.25, -0.2) is 4.90 Å². The van der Waals surface area contributed by atoms with E-state index < -0.39 is 6.30 Å². The third-order valence-electron chi connectivity index (χ3n) is 1.97. The lowest BCUT2D eigenvalue weighted by molar-refractivity contribution is -0.240. The number of nitrogens with zero attached hydrogens (tertiary/aromatic N) is 1. The molecule has 0 aromatic carbocycles. The van der Waals surface area contributed by atoms with Gasteiger partial charge in [0.1, 0.15) is 0 Å². The molecule has 1 saturated heterocycles. The molecule has 0 amide bonds. The van der Waals surface area contributed by atoms with E-state index in [0.717, 1.165) is 0 Å². The second kappa shape index (κ2) is 4.26. The molecule has 0 bridgehead atoms. The number of nitrogens with two attached hydrogens (primary N) is 1.